The van der Waals surface area contributed by atoms with Crippen molar-refractivity contribution in [1.82, 2.24) is 9.88 Å². The van der Waals surface area contributed by atoms with Crippen LogP contribution < -0.4 is 5.32 Å². The van der Waals surface area contributed by atoms with E-state index >= 15 is 0 Å². The lowest BCUT2D eigenvalue weighted by molar-refractivity contribution is -0.143. The van der Waals surface area contributed by atoms with E-state index in [9.17, 15) is 22.8 Å². The van der Waals surface area contributed by atoms with Crippen LogP contribution in [0.4, 0.5) is 23.7 Å². The van der Waals surface area contributed by atoms with Crippen LogP contribution in [-0.2, 0) is 22.3 Å². The second-order valence-electron chi connectivity index (χ2n) is 7.17. The van der Waals surface area contributed by atoms with Gasteiger partial charge in [-0.3, -0.25) is 4.79 Å². The smallest absolute Gasteiger partial charge is 0.416 e. The maximum absolute atomic E-state index is 12.8. The summed E-state index contributed by atoms with van der Waals surface area (Å²) in [6, 6.07) is 8.85. The number of halogens is 4. The van der Waals surface area contributed by atoms with Gasteiger partial charge in [0.15, 0.2) is 0 Å². The second kappa shape index (κ2) is 7.81. The van der Waals surface area contributed by atoms with Gasteiger partial charge in [-0.2, -0.15) is 13.2 Å². The van der Waals surface area contributed by atoms with Crippen LogP contribution in [0.25, 0.3) is 10.9 Å². The van der Waals surface area contributed by atoms with Crippen LogP contribution in [0, 0.1) is 0 Å². The van der Waals surface area contributed by atoms with Crippen LogP contribution in [0.3, 0.4) is 0 Å². The monoisotopic (exact) mass is 451 g/mol. The Balaban J connectivity index is 1.61. The molecule has 162 valence electrons. The number of aromatic nitrogens is 1. The Morgan fingerprint density at radius 3 is 2.55 bits per heavy atom. The molecule has 1 aliphatic heterocycles. The van der Waals surface area contributed by atoms with E-state index in [0.29, 0.717) is 10.7 Å². The Kier molecular flexibility index (Phi) is 5.30. The first-order valence-corrected chi connectivity index (χ1v) is 9.66. The number of carbonyl (C=O) groups excluding carboxylic acids is 2. The number of anilines is 1. The summed E-state index contributed by atoms with van der Waals surface area (Å²) in [5.41, 5.74) is 1.56. The third-order valence-corrected chi connectivity index (χ3v) is 5.45. The number of methoxy groups -OCH3 is 1. The van der Waals surface area contributed by atoms with Gasteiger partial charge in [-0.25, -0.2) is 4.79 Å². The number of urea groups is 1. The van der Waals surface area contributed by atoms with Crippen LogP contribution in [0.5, 0.6) is 0 Å². The number of aromatic amines is 1. The average molecular weight is 452 g/mol. The summed E-state index contributed by atoms with van der Waals surface area (Å²) in [5.74, 6) is -1.24. The van der Waals surface area contributed by atoms with Gasteiger partial charge in [0.05, 0.1) is 19.2 Å². The molecule has 1 unspecified atom stereocenters. The summed E-state index contributed by atoms with van der Waals surface area (Å²) in [5, 5.41) is 3.87. The fourth-order valence-corrected chi connectivity index (χ4v) is 3.94. The summed E-state index contributed by atoms with van der Waals surface area (Å²) >= 11 is 6.11. The highest BCUT2D eigenvalue weighted by Crippen LogP contribution is 2.37. The Bertz CT molecular complexity index is 1160. The molecule has 1 atom stereocenters. The van der Waals surface area contributed by atoms with Gasteiger partial charge in [-0.1, -0.05) is 11.6 Å². The zero-order valence-electron chi connectivity index (χ0n) is 16.2. The van der Waals surface area contributed by atoms with Crippen molar-refractivity contribution in [3.8, 4) is 0 Å². The molecule has 0 fully saturated rings. The van der Waals surface area contributed by atoms with Crippen molar-refractivity contribution in [2.24, 2.45) is 0 Å². The van der Waals surface area contributed by atoms with E-state index in [1.165, 1.54) is 24.1 Å². The van der Waals surface area contributed by atoms with Gasteiger partial charge in [0.1, 0.15) is 5.92 Å². The van der Waals surface area contributed by atoms with E-state index in [4.69, 9.17) is 16.3 Å². The first kappa shape index (κ1) is 21.0. The van der Waals surface area contributed by atoms with Gasteiger partial charge in [0.25, 0.3) is 0 Å². The molecule has 31 heavy (non-hydrogen) atoms. The molecule has 6 nitrogen and oxygen atoms in total. The number of alkyl halides is 3. The first-order valence-electron chi connectivity index (χ1n) is 9.28. The maximum atomic E-state index is 12.8. The molecule has 1 aromatic heterocycles. The number of nitrogens with one attached hydrogen (secondary N) is 2. The number of hydrogen-bond donors (Lipinski definition) is 2. The minimum Gasteiger partial charge on any atom is -0.468 e. The molecule has 0 saturated carbocycles. The summed E-state index contributed by atoms with van der Waals surface area (Å²) in [6.07, 6.45) is -4.46. The zero-order valence-corrected chi connectivity index (χ0v) is 17.0. The minimum absolute atomic E-state index is 0.0472. The number of fused-ring (bicyclic) bond motifs is 3. The fourth-order valence-electron chi connectivity index (χ4n) is 3.77. The number of rotatable bonds is 2. The lowest BCUT2D eigenvalue weighted by Gasteiger charge is -2.31. The highest BCUT2D eigenvalue weighted by molar-refractivity contribution is 6.31. The summed E-state index contributed by atoms with van der Waals surface area (Å²) in [4.78, 5) is 29.9. The van der Waals surface area contributed by atoms with E-state index in [1.54, 1.807) is 18.2 Å². The van der Waals surface area contributed by atoms with Crippen LogP contribution in [-0.4, -0.2) is 35.5 Å². The summed E-state index contributed by atoms with van der Waals surface area (Å²) < 4.78 is 43.1. The Hall–Kier alpha value is -3.20. The van der Waals surface area contributed by atoms with Crippen molar-refractivity contribution in [3.63, 3.8) is 0 Å². The lowest BCUT2D eigenvalue weighted by atomic mass is 9.92. The van der Waals surface area contributed by atoms with Gasteiger partial charge in [0.2, 0.25) is 0 Å². The molecule has 2 heterocycles. The molecule has 10 heteroatoms. The van der Waals surface area contributed by atoms with E-state index in [1.807, 2.05) is 0 Å². The quantitative estimate of drug-likeness (QED) is 0.529. The SMILES string of the molecule is COC(=O)C1CN(C(=O)Nc2ccc(C(F)(F)F)cc2)Cc2[nH]c3ccc(Cl)cc3c21. The fraction of sp³-hybridized carbons (Fsp3) is 0.238. The lowest BCUT2D eigenvalue weighted by Crippen LogP contribution is -2.42. The molecule has 0 aliphatic carbocycles. The third-order valence-electron chi connectivity index (χ3n) is 5.22. The second-order valence-corrected chi connectivity index (χ2v) is 7.61. The van der Waals surface area contributed by atoms with Crippen LogP contribution in [0.2, 0.25) is 5.02 Å². The van der Waals surface area contributed by atoms with Gasteiger partial charge in [0, 0.05) is 33.9 Å². The van der Waals surface area contributed by atoms with Crippen molar-refractivity contribution in [3.05, 3.63) is 64.3 Å². The standard InChI is InChI=1S/C21H17ClF3N3O3/c1-31-19(29)15-9-28(10-17-18(15)14-8-12(22)4-7-16(14)27-17)20(30)26-13-5-2-11(3-6-13)21(23,24)25/h2-8,15,27H,9-10H2,1H3,(H,26,30). The highest BCUT2D eigenvalue weighted by Gasteiger charge is 2.36. The van der Waals surface area contributed by atoms with Crippen molar-refractivity contribution < 1.29 is 27.5 Å². The van der Waals surface area contributed by atoms with Crippen LogP contribution in [0.15, 0.2) is 42.5 Å². The van der Waals surface area contributed by atoms with Crippen molar-refractivity contribution >= 4 is 40.2 Å². The molecule has 4 rings (SSSR count). The Morgan fingerprint density at radius 2 is 1.90 bits per heavy atom. The molecular formula is C21H17ClF3N3O3. The molecule has 0 bridgehead atoms. The molecule has 0 spiro atoms. The van der Waals surface area contributed by atoms with Crippen molar-refractivity contribution in [2.45, 2.75) is 18.6 Å². The van der Waals surface area contributed by atoms with E-state index in [0.717, 1.165) is 28.6 Å². The summed E-state index contributed by atoms with van der Waals surface area (Å²) in [6.45, 7) is 0.229. The molecule has 1 aliphatic rings. The van der Waals surface area contributed by atoms with Crippen LogP contribution in [0.1, 0.15) is 22.7 Å². The highest BCUT2D eigenvalue weighted by atomic mass is 35.5. The zero-order chi connectivity index (χ0) is 22.3. The van der Waals surface area contributed by atoms with Crippen LogP contribution >= 0.6 is 11.6 Å². The number of ether oxygens (including phenoxy) is 1. The van der Waals surface area contributed by atoms with Gasteiger partial charge >= 0.3 is 18.2 Å². The predicted molar refractivity (Wildman–Crippen MR) is 109 cm³/mol. The molecular weight excluding hydrogens is 435 g/mol. The minimum atomic E-state index is -4.46. The van der Waals surface area contributed by atoms with Crippen molar-refractivity contribution in [2.75, 3.05) is 19.0 Å². The van der Waals surface area contributed by atoms with Crippen molar-refractivity contribution in [1.29, 1.82) is 0 Å². The number of amides is 2. The number of nitrogens with zero attached hydrogens (tertiary/aromatic N) is 1. The van der Waals surface area contributed by atoms with E-state index in [2.05, 4.69) is 10.3 Å². The average Bonchev–Trinajstić information content (AvgIpc) is 3.10. The number of H-pyrrole nitrogens is 1. The Morgan fingerprint density at radius 1 is 1.19 bits per heavy atom. The first-order chi connectivity index (χ1) is 14.7. The molecule has 3 aromatic rings. The van der Waals surface area contributed by atoms with Gasteiger partial charge < -0.3 is 19.9 Å². The summed E-state index contributed by atoms with van der Waals surface area (Å²) in [7, 11) is 1.27. The number of hydrogen-bond acceptors (Lipinski definition) is 3. The van der Waals surface area contributed by atoms with E-state index in [-0.39, 0.29) is 18.8 Å². The number of carbonyl (C=O) groups is 2. The van der Waals surface area contributed by atoms with E-state index < -0.39 is 29.7 Å². The normalized spacial score (nSPS) is 16.2. The molecule has 0 radical (unpaired) electrons. The number of benzene rings is 2. The molecule has 2 aromatic carbocycles. The largest absolute Gasteiger partial charge is 0.468 e. The predicted octanol–water partition coefficient (Wildman–Crippen LogP) is 5.14. The molecule has 2 N–H and O–H groups in total. The molecule has 2 amide bonds. The third kappa shape index (κ3) is 4.05. The Labute approximate surface area is 179 Å². The van der Waals surface area contributed by atoms with Gasteiger partial charge in [-0.15, -0.1) is 0 Å². The topological polar surface area (TPSA) is 74.4 Å². The van der Waals surface area contributed by atoms with Gasteiger partial charge in [-0.05, 0) is 48.0 Å². The number of esters is 1. The maximum Gasteiger partial charge on any atom is 0.416 e. The molecule has 0 saturated heterocycles.